The number of hydrogen-bond acceptors (Lipinski definition) is 4. The smallest absolute Gasteiger partial charge is 0.220 e. The number of amides is 1. The third-order valence-electron chi connectivity index (χ3n) is 5.00. The molecule has 2 fully saturated rings. The van der Waals surface area contributed by atoms with E-state index in [1.54, 1.807) is 7.11 Å². The van der Waals surface area contributed by atoms with Gasteiger partial charge in [-0.3, -0.25) is 9.69 Å². The summed E-state index contributed by atoms with van der Waals surface area (Å²) in [4.78, 5) is 18.8. The Balaban J connectivity index is 1.41. The summed E-state index contributed by atoms with van der Waals surface area (Å²) in [7, 11) is 1.63. The van der Waals surface area contributed by atoms with E-state index in [-0.39, 0.29) is 5.91 Å². The molecule has 0 aromatic carbocycles. The minimum Gasteiger partial charge on any atom is -0.481 e. The summed E-state index contributed by atoms with van der Waals surface area (Å²) in [6, 6.07) is 4.25. The van der Waals surface area contributed by atoms with Crippen LogP contribution in [0.1, 0.15) is 44.1 Å². The first-order valence-corrected chi connectivity index (χ1v) is 8.73. The Kier molecular flexibility index (Phi) is 5.49. The van der Waals surface area contributed by atoms with Gasteiger partial charge in [-0.1, -0.05) is 18.9 Å². The lowest BCUT2D eigenvalue weighted by atomic mass is 10.0. The van der Waals surface area contributed by atoms with Crippen molar-refractivity contribution >= 4 is 5.91 Å². The highest BCUT2D eigenvalue weighted by atomic mass is 16.5. The van der Waals surface area contributed by atoms with Crippen molar-refractivity contribution in [3.8, 4) is 5.88 Å². The Labute approximate surface area is 138 Å². The van der Waals surface area contributed by atoms with E-state index < -0.39 is 0 Å². The molecule has 1 N–H and O–H groups in total. The van der Waals surface area contributed by atoms with E-state index in [4.69, 9.17) is 4.74 Å². The molecule has 1 saturated carbocycles. The van der Waals surface area contributed by atoms with Crippen LogP contribution in [0.15, 0.2) is 18.3 Å². The van der Waals surface area contributed by atoms with E-state index in [2.05, 4.69) is 21.3 Å². The number of ether oxygens (including phenoxy) is 1. The van der Waals surface area contributed by atoms with Crippen LogP contribution in [0, 0.1) is 5.92 Å². The first kappa shape index (κ1) is 16.2. The maximum absolute atomic E-state index is 12.1. The van der Waals surface area contributed by atoms with E-state index in [1.807, 2.05) is 12.3 Å². The maximum Gasteiger partial charge on any atom is 0.220 e. The average Bonchev–Trinajstić information content (AvgIpc) is 3.20. The van der Waals surface area contributed by atoms with E-state index in [0.717, 1.165) is 32.5 Å². The standard InChI is InChI=1S/C18H27N3O2/c1-23-18-7-6-15(11-19-18)12-21-9-8-16(13-21)20-17(22)10-14-4-2-3-5-14/h6-7,11,14,16H,2-5,8-10,12-13H2,1H3,(H,20,22)/t16-/m0/s1. The first-order valence-electron chi connectivity index (χ1n) is 8.73. The molecule has 0 unspecified atom stereocenters. The third-order valence-corrected chi connectivity index (χ3v) is 5.00. The fourth-order valence-electron chi connectivity index (χ4n) is 3.74. The quantitative estimate of drug-likeness (QED) is 0.875. The van der Waals surface area contributed by atoms with Gasteiger partial charge in [0.2, 0.25) is 11.8 Å². The zero-order chi connectivity index (χ0) is 16.1. The molecule has 0 radical (unpaired) electrons. The van der Waals surface area contributed by atoms with Crippen LogP contribution in [0.3, 0.4) is 0 Å². The van der Waals surface area contributed by atoms with Gasteiger partial charge in [-0.25, -0.2) is 4.98 Å². The Morgan fingerprint density at radius 2 is 2.17 bits per heavy atom. The molecule has 2 heterocycles. The van der Waals surface area contributed by atoms with Crippen molar-refractivity contribution in [2.24, 2.45) is 5.92 Å². The molecule has 126 valence electrons. The molecule has 1 aliphatic heterocycles. The Morgan fingerprint density at radius 1 is 1.35 bits per heavy atom. The van der Waals surface area contributed by atoms with Crippen LogP contribution in [0.5, 0.6) is 5.88 Å². The van der Waals surface area contributed by atoms with Crippen molar-refractivity contribution in [2.45, 2.75) is 51.1 Å². The van der Waals surface area contributed by atoms with Crippen molar-refractivity contribution in [1.82, 2.24) is 15.2 Å². The number of nitrogens with one attached hydrogen (secondary N) is 1. The second-order valence-corrected chi connectivity index (χ2v) is 6.85. The number of methoxy groups -OCH3 is 1. The Bertz CT molecular complexity index is 512. The van der Waals surface area contributed by atoms with Crippen molar-refractivity contribution < 1.29 is 9.53 Å². The highest BCUT2D eigenvalue weighted by molar-refractivity contribution is 5.76. The maximum atomic E-state index is 12.1. The van der Waals surface area contributed by atoms with Gasteiger partial charge in [0, 0.05) is 44.4 Å². The van der Waals surface area contributed by atoms with Crippen molar-refractivity contribution in [3.63, 3.8) is 0 Å². The number of aromatic nitrogens is 1. The van der Waals surface area contributed by atoms with Crippen LogP contribution in [-0.4, -0.2) is 42.0 Å². The number of nitrogens with zero attached hydrogens (tertiary/aromatic N) is 2. The van der Waals surface area contributed by atoms with Gasteiger partial charge in [0.05, 0.1) is 7.11 Å². The molecule has 2 aliphatic rings. The minimum absolute atomic E-state index is 0.245. The van der Waals surface area contributed by atoms with E-state index in [9.17, 15) is 4.79 Å². The van der Waals surface area contributed by atoms with Gasteiger partial charge in [-0.2, -0.15) is 0 Å². The third kappa shape index (κ3) is 4.67. The summed E-state index contributed by atoms with van der Waals surface area (Å²) in [5.74, 6) is 1.51. The average molecular weight is 317 g/mol. The summed E-state index contributed by atoms with van der Waals surface area (Å²) in [5.41, 5.74) is 1.18. The normalized spacial score (nSPS) is 22.4. The van der Waals surface area contributed by atoms with E-state index in [1.165, 1.54) is 31.2 Å². The van der Waals surface area contributed by atoms with Crippen LogP contribution >= 0.6 is 0 Å². The molecule has 1 aromatic heterocycles. The van der Waals surface area contributed by atoms with Crippen molar-refractivity contribution in [1.29, 1.82) is 0 Å². The fraction of sp³-hybridized carbons (Fsp3) is 0.667. The predicted octanol–water partition coefficient (Wildman–Crippen LogP) is 2.36. The van der Waals surface area contributed by atoms with Gasteiger partial charge in [-0.15, -0.1) is 0 Å². The van der Waals surface area contributed by atoms with Crippen LogP contribution in [0.2, 0.25) is 0 Å². The summed E-state index contributed by atoms with van der Waals surface area (Å²) in [6.07, 6.45) is 8.68. The number of pyridine rings is 1. The van der Waals surface area contributed by atoms with Gasteiger partial charge in [-0.05, 0) is 30.7 Å². The van der Waals surface area contributed by atoms with Crippen molar-refractivity contribution in [3.05, 3.63) is 23.9 Å². The van der Waals surface area contributed by atoms with Crippen molar-refractivity contribution in [2.75, 3.05) is 20.2 Å². The summed E-state index contributed by atoms with van der Waals surface area (Å²) in [6.45, 7) is 2.84. The van der Waals surface area contributed by atoms with Gasteiger partial charge < -0.3 is 10.1 Å². The molecule has 3 rings (SSSR count). The molecule has 1 amide bonds. The molecule has 23 heavy (non-hydrogen) atoms. The number of carbonyl (C=O) groups is 1. The number of likely N-dealkylation sites (tertiary alicyclic amines) is 1. The second kappa shape index (κ2) is 7.77. The number of hydrogen-bond donors (Lipinski definition) is 1. The Hall–Kier alpha value is -1.62. The van der Waals surface area contributed by atoms with Gasteiger partial charge in [0.1, 0.15) is 0 Å². The number of rotatable bonds is 6. The molecule has 0 spiro atoms. The number of carbonyl (C=O) groups excluding carboxylic acids is 1. The second-order valence-electron chi connectivity index (χ2n) is 6.85. The largest absolute Gasteiger partial charge is 0.481 e. The van der Waals surface area contributed by atoms with Crippen LogP contribution in [0.25, 0.3) is 0 Å². The molecule has 1 aliphatic carbocycles. The highest BCUT2D eigenvalue weighted by Crippen LogP contribution is 2.27. The Morgan fingerprint density at radius 3 is 2.87 bits per heavy atom. The zero-order valence-corrected chi connectivity index (χ0v) is 14.0. The van der Waals surface area contributed by atoms with Crippen LogP contribution in [-0.2, 0) is 11.3 Å². The molecule has 5 nitrogen and oxygen atoms in total. The lowest BCUT2D eigenvalue weighted by molar-refractivity contribution is -0.122. The molecular weight excluding hydrogens is 290 g/mol. The topological polar surface area (TPSA) is 54.5 Å². The summed E-state index contributed by atoms with van der Waals surface area (Å²) < 4.78 is 5.08. The summed E-state index contributed by atoms with van der Waals surface area (Å²) in [5, 5.41) is 3.22. The lowest BCUT2D eigenvalue weighted by Crippen LogP contribution is -2.37. The fourth-order valence-corrected chi connectivity index (χ4v) is 3.74. The monoisotopic (exact) mass is 317 g/mol. The van der Waals surface area contributed by atoms with Crippen LogP contribution in [0.4, 0.5) is 0 Å². The van der Waals surface area contributed by atoms with E-state index in [0.29, 0.717) is 17.8 Å². The van der Waals surface area contributed by atoms with E-state index >= 15 is 0 Å². The van der Waals surface area contributed by atoms with Crippen LogP contribution < -0.4 is 10.1 Å². The predicted molar refractivity (Wildman–Crippen MR) is 89.2 cm³/mol. The SMILES string of the molecule is COc1ccc(CN2CC[C@H](NC(=O)CC3CCCC3)C2)cn1. The molecule has 1 atom stereocenters. The first-order chi connectivity index (χ1) is 11.2. The minimum atomic E-state index is 0.245. The zero-order valence-electron chi connectivity index (χ0n) is 14.0. The molecule has 1 aromatic rings. The van der Waals surface area contributed by atoms with Gasteiger partial charge in [0.25, 0.3) is 0 Å². The molecular formula is C18H27N3O2. The summed E-state index contributed by atoms with van der Waals surface area (Å²) >= 11 is 0. The lowest BCUT2D eigenvalue weighted by Gasteiger charge is -2.17. The van der Waals surface area contributed by atoms with Gasteiger partial charge >= 0.3 is 0 Å². The molecule has 1 saturated heterocycles. The highest BCUT2D eigenvalue weighted by Gasteiger charge is 2.25. The molecule has 0 bridgehead atoms. The van der Waals surface area contributed by atoms with Gasteiger partial charge in [0.15, 0.2) is 0 Å². The molecule has 5 heteroatoms.